The van der Waals surface area contributed by atoms with Gasteiger partial charge >= 0.3 is 0 Å². The Bertz CT molecular complexity index is 460. The van der Waals surface area contributed by atoms with Crippen LogP contribution in [0.3, 0.4) is 0 Å². The molecule has 0 spiro atoms. The first-order valence-corrected chi connectivity index (χ1v) is 6.30. The molecule has 6 heteroatoms. The van der Waals surface area contributed by atoms with Crippen molar-refractivity contribution in [1.82, 2.24) is 10.6 Å². The van der Waals surface area contributed by atoms with Crippen LogP contribution in [0.5, 0.6) is 0 Å². The summed E-state index contributed by atoms with van der Waals surface area (Å²) in [6.07, 6.45) is 0. The van der Waals surface area contributed by atoms with E-state index in [4.69, 9.17) is 11.6 Å². The lowest BCUT2D eigenvalue weighted by Crippen LogP contribution is -2.37. The fourth-order valence-electron chi connectivity index (χ4n) is 1.12. The molecule has 1 rings (SSSR count). The van der Waals surface area contributed by atoms with Crippen LogP contribution in [0.4, 0.5) is 0 Å². The summed E-state index contributed by atoms with van der Waals surface area (Å²) in [5.74, 6) is -0.621. The molecule has 0 atom stereocenters. The second-order valence-corrected chi connectivity index (χ2v) is 4.93. The lowest BCUT2D eigenvalue weighted by molar-refractivity contribution is -0.119. The molecule has 18 heavy (non-hydrogen) atoms. The molecule has 4 nitrogen and oxygen atoms in total. The van der Waals surface area contributed by atoms with E-state index in [1.807, 2.05) is 0 Å². The average molecular weight is 332 g/mol. The number of hydrogen-bond acceptors (Lipinski definition) is 2. The molecule has 1 aromatic rings. The average Bonchev–Trinajstić information content (AvgIpc) is 2.34. The number of carbonyl (C=O) groups excluding carboxylic acids is 2. The SMILES string of the molecule is C=C(Cl)CNC(=O)CNC(=O)c1ccc(Br)cc1. The smallest absolute Gasteiger partial charge is 0.251 e. The maximum atomic E-state index is 11.6. The zero-order valence-corrected chi connectivity index (χ0v) is 11.8. The van der Waals surface area contributed by atoms with Crippen molar-refractivity contribution < 1.29 is 9.59 Å². The van der Waals surface area contributed by atoms with Crippen molar-refractivity contribution in [2.24, 2.45) is 0 Å². The van der Waals surface area contributed by atoms with Crippen LogP contribution in [-0.2, 0) is 4.79 Å². The summed E-state index contributed by atoms with van der Waals surface area (Å²) in [4.78, 5) is 23.0. The van der Waals surface area contributed by atoms with Gasteiger partial charge in [-0.1, -0.05) is 34.1 Å². The van der Waals surface area contributed by atoms with Crippen molar-refractivity contribution in [1.29, 1.82) is 0 Å². The molecular weight excluding hydrogens is 320 g/mol. The first-order chi connectivity index (χ1) is 8.49. The number of amides is 2. The summed E-state index contributed by atoms with van der Waals surface area (Å²) >= 11 is 8.77. The van der Waals surface area contributed by atoms with E-state index in [1.165, 1.54) is 0 Å². The summed E-state index contributed by atoms with van der Waals surface area (Å²) in [6, 6.07) is 6.84. The first-order valence-electron chi connectivity index (χ1n) is 5.13. The zero-order valence-electron chi connectivity index (χ0n) is 9.50. The van der Waals surface area contributed by atoms with Gasteiger partial charge in [0.1, 0.15) is 0 Å². The van der Waals surface area contributed by atoms with Gasteiger partial charge in [-0.05, 0) is 24.3 Å². The summed E-state index contributed by atoms with van der Waals surface area (Å²) in [6.45, 7) is 3.53. The molecule has 0 saturated heterocycles. The Morgan fingerprint density at radius 1 is 1.17 bits per heavy atom. The highest BCUT2D eigenvalue weighted by Gasteiger charge is 2.07. The van der Waals surface area contributed by atoms with Crippen LogP contribution < -0.4 is 10.6 Å². The van der Waals surface area contributed by atoms with Crippen LogP contribution in [0.2, 0.25) is 0 Å². The van der Waals surface area contributed by atoms with Gasteiger partial charge in [-0.2, -0.15) is 0 Å². The molecule has 2 N–H and O–H groups in total. The van der Waals surface area contributed by atoms with Gasteiger partial charge in [-0.3, -0.25) is 9.59 Å². The highest BCUT2D eigenvalue weighted by molar-refractivity contribution is 9.10. The third-order valence-electron chi connectivity index (χ3n) is 1.99. The van der Waals surface area contributed by atoms with Crippen LogP contribution in [-0.4, -0.2) is 24.9 Å². The van der Waals surface area contributed by atoms with Gasteiger partial charge in [-0.25, -0.2) is 0 Å². The molecular formula is C12H12BrClN2O2. The monoisotopic (exact) mass is 330 g/mol. The Kier molecular flexibility index (Phi) is 5.88. The minimum absolute atomic E-state index is 0.0981. The standard InChI is InChI=1S/C12H12BrClN2O2/c1-8(14)6-15-11(17)7-16-12(18)9-2-4-10(13)5-3-9/h2-5H,1,6-7H2,(H,15,17)(H,16,18). The van der Waals surface area contributed by atoms with Gasteiger partial charge in [0.05, 0.1) is 13.1 Å². The molecule has 0 heterocycles. The van der Waals surface area contributed by atoms with E-state index in [0.717, 1.165) is 4.47 Å². The van der Waals surface area contributed by atoms with E-state index in [-0.39, 0.29) is 24.9 Å². The quantitative estimate of drug-likeness (QED) is 0.867. The second kappa shape index (κ2) is 7.18. The van der Waals surface area contributed by atoms with Crippen molar-refractivity contribution in [2.45, 2.75) is 0 Å². The second-order valence-electron chi connectivity index (χ2n) is 3.48. The number of nitrogens with one attached hydrogen (secondary N) is 2. The maximum absolute atomic E-state index is 11.6. The molecule has 0 bridgehead atoms. The Morgan fingerprint density at radius 3 is 2.33 bits per heavy atom. The lowest BCUT2D eigenvalue weighted by atomic mass is 10.2. The van der Waals surface area contributed by atoms with Gasteiger partial charge in [-0.15, -0.1) is 0 Å². The van der Waals surface area contributed by atoms with Crippen LogP contribution >= 0.6 is 27.5 Å². The van der Waals surface area contributed by atoms with Crippen molar-refractivity contribution in [3.8, 4) is 0 Å². The normalized spacial score (nSPS) is 9.67. The van der Waals surface area contributed by atoms with Gasteiger partial charge in [0.15, 0.2) is 0 Å². The lowest BCUT2D eigenvalue weighted by Gasteiger charge is -2.06. The van der Waals surface area contributed by atoms with E-state index < -0.39 is 0 Å². The minimum atomic E-state index is -0.317. The van der Waals surface area contributed by atoms with E-state index in [1.54, 1.807) is 24.3 Å². The summed E-state index contributed by atoms with van der Waals surface area (Å²) in [7, 11) is 0. The Morgan fingerprint density at radius 2 is 1.78 bits per heavy atom. The molecule has 0 radical (unpaired) electrons. The Hall–Kier alpha value is -1.33. The number of carbonyl (C=O) groups is 2. The van der Waals surface area contributed by atoms with Crippen molar-refractivity contribution in [3.05, 3.63) is 45.9 Å². The first kappa shape index (κ1) is 14.7. The molecule has 0 aliphatic rings. The van der Waals surface area contributed by atoms with Crippen LogP contribution in [0.1, 0.15) is 10.4 Å². The van der Waals surface area contributed by atoms with Gasteiger partial charge < -0.3 is 10.6 Å². The van der Waals surface area contributed by atoms with Gasteiger partial charge in [0.2, 0.25) is 5.91 Å². The number of benzene rings is 1. The molecule has 0 aliphatic carbocycles. The Balaban J connectivity index is 2.39. The maximum Gasteiger partial charge on any atom is 0.251 e. The van der Waals surface area contributed by atoms with Crippen LogP contribution in [0.25, 0.3) is 0 Å². The molecule has 0 fully saturated rings. The largest absolute Gasteiger partial charge is 0.350 e. The fraction of sp³-hybridized carbons (Fsp3) is 0.167. The molecule has 2 amide bonds. The third-order valence-corrected chi connectivity index (χ3v) is 2.66. The Labute approximate surface area is 119 Å². The number of rotatable bonds is 5. The molecule has 0 aliphatic heterocycles. The fourth-order valence-corrected chi connectivity index (χ4v) is 1.45. The predicted molar refractivity (Wildman–Crippen MR) is 74.5 cm³/mol. The number of hydrogen-bond donors (Lipinski definition) is 2. The molecule has 0 unspecified atom stereocenters. The van der Waals surface area contributed by atoms with E-state index in [0.29, 0.717) is 10.6 Å². The van der Waals surface area contributed by atoms with Crippen LogP contribution in [0, 0.1) is 0 Å². The predicted octanol–water partition coefficient (Wildman–Crippen LogP) is 2.05. The molecule has 1 aromatic carbocycles. The van der Waals surface area contributed by atoms with E-state index >= 15 is 0 Å². The summed E-state index contributed by atoms with van der Waals surface area (Å²) in [5, 5.41) is 5.34. The van der Waals surface area contributed by atoms with Gasteiger partial charge in [0.25, 0.3) is 5.91 Å². The zero-order chi connectivity index (χ0) is 13.5. The third kappa shape index (κ3) is 5.33. The van der Waals surface area contributed by atoms with Crippen LogP contribution in [0.15, 0.2) is 40.3 Å². The van der Waals surface area contributed by atoms with Crippen molar-refractivity contribution in [3.63, 3.8) is 0 Å². The summed E-state index contributed by atoms with van der Waals surface area (Å²) < 4.78 is 0.886. The molecule has 96 valence electrons. The van der Waals surface area contributed by atoms with Crippen molar-refractivity contribution >= 4 is 39.3 Å². The topological polar surface area (TPSA) is 58.2 Å². The summed E-state index contributed by atoms with van der Waals surface area (Å²) in [5.41, 5.74) is 0.493. The number of halogens is 2. The highest BCUT2D eigenvalue weighted by Crippen LogP contribution is 2.10. The minimum Gasteiger partial charge on any atom is -0.350 e. The molecule has 0 aromatic heterocycles. The van der Waals surface area contributed by atoms with Crippen molar-refractivity contribution in [2.75, 3.05) is 13.1 Å². The molecule has 0 saturated carbocycles. The van der Waals surface area contributed by atoms with E-state index in [2.05, 4.69) is 33.1 Å². The van der Waals surface area contributed by atoms with Gasteiger partial charge in [0, 0.05) is 15.1 Å². The van der Waals surface area contributed by atoms with E-state index in [9.17, 15) is 9.59 Å². The highest BCUT2D eigenvalue weighted by atomic mass is 79.9.